The topological polar surface area (TPSA) is 92.6 Å². The lowest BCUT2D eigenvalue weighted by molar-refractivity contribution is 0.273. The zero-order chi connectivity index (χ0) is 19.3. The largest absolute Gasteiger partial charge is 0.271 e. The van der Waals surface area contributed by atoms with Gasteiger partial charge < -0.3 is 0 Å². The van der Waals surface area contributed by atoms with Crippen LogP contribution in [0.1, 0.15) is 11.4 Å². The van der Waals surface area contributed by atoms with E-state index >= 15 is 0 Å². The van der Waals surface area contributed by atoms with Gasteiger partial charge in [-0.3, -0.25) is 4.68 Å². The van der Waals surface area contributed by atoms with Gasteiger partial charge in [0, 0.05) is 33.2 Å². The molecule has 2 aromatic heterocycles. The van der Waals surface area contributed by atoms with Gasteiger partial charge in [-0.1, -0.05) is 0 Å². The number of aryl methyl sites for hydroxylation is 2. The first-order valence-electron chi connectivity index (χ1n) is 7.81. The minimum absolute atomic E-state index is 0.113. The predicted molar refractivity (Wildman–Crippen MR) is 102 cm³/mol. The monoisotopic (exact) mass is 482 g/mol. The SMILES string of the molecule is Cc1nn(C)c(C)c1S(=O)(=O)N1CCN(S(=O)(=O)c2ccc(Br)s2)CC1. The van der Waals surface area contributed by atoms with E-state index in [-0.39, 0.29) is 35.3 Å². The standard InChI is InChI=1S/C14H19BrN4O4S3/c1-10-14(11(2)17(3)16-10)26(22,23)19-8-6-18(7-9-19)25(20,21)13-5-4-12(15)24-13/h4-5H,6-9H2,1-3H3. The zero-order valence-corrected chi connectivity index (χ0v) is 18.5. The van der Waals surface area contributed by atoms with Gasteiger partial charge in [-0.05, 0) is 41.9 Å². The Morgan fingerprint density at radius 1 is 1.00 bits per heavy atom. The highest BCUT2D eigenvalue weighted by atomic mass is 79.9. The van der Waals surface area contributed by atoms with Crippen molar-refractivity contribution in [2.24, 2.45) is 7.05 Å². The van der Waals surface area contributed by atoms with E-state index in [0.29, 0.717) is 11.4 Å². The van der Waals surface area contributed by atoms with Crippen molar-refractivity contribution in [3.8, 4) is 0 Å². The summed E-state index contributed by atoms with van der Waals surface area (Å²) in [6.45, 7) is 3.84. The Bertz CT molecular complexity index is 1030. The molecule has 12 heteroatoms. The molecule has 2 aromatic rings. The van der Waals surface area contributed by atoms with Crippen molar-refractivity contribution in [3.63, 3.8) is 0 Å². The highest BCUT2D eigenvalue weighted by Gasteiger charge is 2.36. The van der Waals surface area contributed by atoms with Gasteiger partial charge in [0.1, 0.15) is 9.10 Å². The molecule has 1 fully saturated rings. The second-order valence-corrected chi connectivity index (χ2v) is 12.5. The fourth-order valence-electron chi connectivity index (χ4n) is 2.97. The van der Waals surface area contributed by atoms with Crippen LogP contribution in [0.5, 0.6) is 0 Å². The number of hydrogen-bond acceptors (Lipinski definition) is 6. The van der Waals surface area contributed by atoms with Crippen LogP contribution in [0, 0.1) is 13.8 Å². The molecule has 3 rings (SSSR count). The number of thiophene rings is 1. The number of piperazine rings is 1. The quantitative estimate of drug-likeness (QED) is 0.658. The molecule has 0 saturated carbocycles. The maximum absolute atomic E-state index is 13.0. The molecule has 1 aliphatic heterocycles. The number of nitrogens with zero attached hydrogens (tertiary/aromatic N) is 4. The minimum atomic E-state index is -3.71. The number of rotatable bonds is 4. The van der Waals surface area contributed by atoms with Crippen LogP contribution in [0.4, 0.5) is 0 Å². The Kier molecular flexibility index (Phi) is 5.36. The van der Waals surface area contributed by atoms with Crippen molar-refractivity contribution >= 4 is 47.3 Å². The van der Waals surface area contributed by atoms with Crippen LogP contribution in [0.2, 0.25) is 0 Å². The summed E-state index contributed by atoms with van der Waals surface area (Å²) in [5, 5.41) is 4.17. The molecule has 0 aromatic carbocycles. The van der Waals surface area contributed by atoms with Crippen LogP contribution in [-0.4, -0.2) is 61.4 Å². The fraction of sp³-hybridized carbons (Fsp3) is 0.500. The normalized spacial score (nSPS) is 17.7. The average Bonchev–Trinajstić information content (AvgIpc) is 3.12. The maximum Gasteiger partial charge on any atom is 0.252 e. The van der Waals surface area contributed by atoms with Crippen LogP contribution in [0.25, 0.3) is 0 Å². The van der Waals surface area contributed by atoms with E-state index in [1.807, 2.05) is 0 Å². The van der Waals surface area contributed by atoms with Crippen LogP contribution in [0.15, 0.2) is 25.0 Å². The van der Waals surface area contributed by atoms with Gasteiger partial charge in [0.05, 0.1) is 15.2 Å². The second kappa shape index (κ2) is 6.99. The summed E-state index contributed by atoms with van der Waals surface area (Å²) in [5.74, 6) is 0. The highest BCUT2D eigenvalue weighted by molar-refractivity contribution is 9.11. The molecule has 0 unspecified atom stereocenters. The third-order valence-electron chi connectivity index (χ3n) is 4.38. The van der Waals surface area contributed by atoms with Crippen molar-refractivity contribution in [1.29, 1.82) is 0 Å². The van der Waals surface area contributed by atoms with E-state index < -0.39 is 20.0 Å². The lowest BCUT2D eigenvalue weighted by atomic mass is 10.4. The Hall–Kier alpha value is -0.790. The summed E-state index contributed by atoms with van der Waals surface area (Å²) in [6, 6.07) is 3.24. The van der Waals surface area contributed by atoms with Crippen molar-refractivity contribution in [2.75, 3.05) is 26.2 Å². The minimum Gasteiger partial charge on any atom is -0.271 e. The Labute approximate surface area is 165 Å². The maximum atomic E-state index is 13.0. The van der Waals surface area contributed by atoms with Crippen LogP contribution >= 0.6 is 27.3 Å². The molecular formula is C14H19BrN4O4S3. The molecule has 0 radical (unpaired) electrons. The van der Waals surface area contributed by atoms with Gasteiger partial charge in [0.15, 0.2) is 0 Å². The van der Waals surface area contributed by atoms with Crippen molar-refractivity contribution in [3.05, 3.63) is 27.3 Å². The van der Waals surface area contributed by atoms with Gasteiger partial charge in [0.2, 0.25) is 10.0 Å². The van der Waals surface area contributed by atoms with Crippen LogP contribution in [-0.2, 0) is 27.1 Å². The molecule has 144 valence electrons. The van der Waals surface area contributed by atoms with Crippen LogP contribution in [0.3, 0.4) is 0 Å². The van der Waals surface area contributed by atoms with Gasteiger partial charge in [0.25, 0.3) is 10.0 Å². The van der Waals surface area contributed by atoms with E-state index in [2.05, 4.69) is 21.0 Å². The van der Waals surface area contributed by atoms with Gasteiger partial charge in [-0.2, -0.15) is 13.7 Å². The summed E-state index contributed by atoms with van der Waals surface area (Å²) in [5.41, 5.74) is 1.02. The Morgan fingerprint density at radius 3 is 1.96 bits per heavy atom. The molecule has 0 bridgehead atoms. The molecule has 0 amide bonds. The lowest BCUT2D eigenvalue weighted by Crippen LogP contribution is -2.50. The second-order valence-electron chi connectivity index (χ2n) is 5.99. The number of sulfonamides is 2. The molecule has 0 aliphatic carbocycles. The number of aromatic nitrogens is 2. The summed E-state index contributed by atoms with van der Waals surface area (Å²) >= 11 is 4.41. The third kappa shape index (κ3) is 3.38. The van der Waals surface area contributed by atoms with E-state index in [4.69, 9.17) is 0 Å². The molecule has 0 N–H and O–H groups in total. The Balaban J connectivity index is 1.80. The van der Waals surface area contributed by atoms with E-state index in [1.165, 1.54) is 13.3 Å². The summed E-state index contributed by atoms with van der Waals surface area (Å²) < 4.78 is 56.5. The molecular weight excluding hydrogens is 464 g/mol. The highest BCUT2D eigenvalue weighted by Crippen LogP contribution is 2.30. The first kappa shape index (κ1) is 20.0. The number of hydrogen-bond donors (Lipinski definition) is 0. The Morgan fingerprint density at radius 2 is 1.54 bits per heavy atom. The van der Waals surface area contributed by atoms with Crippen molar-refractivity contribution < 1.29 is 16.8 Å². The molecule has 8 nitrogen and oxygen atoms in total. The first-order chi connectivity index (χ1) is 12.0. The summed E-state index contributed by atoms with van der Waals surface area (Å²) in [6.07, 6.45) is 0. The van der Waals surface area contributed by atoms with E-state index in [0.717, 1.165) is 15.1 Å². The van der Waals surface area contributed by atoms with Crippen molar-refractivity contribution in [2.45, 2.75) is 23.0 Å². The van der Waals surface area contributed by atoms with Gasteiger partial charge in [-0.15, -0.1) is 11.3 Å². The molecule has 3 heterocycles. The average molecular weight is 483 g/mol. The molecule has 1 aliphatic rings. The van der Waals surface area contributed by atoms with Crippen LogP contribution < -0.4 is 0 Å². The van der Waals surface area contributed by atoms with E-state index in [1.54, 1.807) is 33.0 Å². The fourth-order valence-corrected chi connectivity index (χ4v) is 8.38. The van der Waals surface area contributed by atoms with Crippen molar-refractivity contribution in [1.82, 2.24) is 18.4 Å². The summed E-state index contributed by atoms with van der Waals surface area (Å²) in [4.78, 5) is 0.207. The molecule has 1 saturated heterocycles. The molecule has 0 atom stereocenters. The molecule has 0 spiro atoms. The van der Waals surface area contributed by atoms with E-state index in [9.17, 15) is 16.8 Å². The van der Waals surface area contributed by atoms with Gasteiger partial charge in [-0.25, -0.2) is 16.8 Å². The smallest absolute Gasteiger partial charge is 0.252 e. The zero-order valence-electron chi connectivity index (χ0n) is 14.5. The molecule has 26 heavy (non-hydrogen) atoms. The lowest BCUT2D eigenvalue weighted by Gasteiger charge is -2.33. The first-order valence-corrected chi connectivity index (χ1v) is 12.3. The predicted octanol–water partition coefficient (Wildman–Crippen LogP) is 1.56. The third-order valence-corrected chi connectivity index (χ3v) is 10.5. The van der Waals surface area contributed by atoms with Gasteiger partial charge >= 0.3 is 0 Å². The number of halogens is 1. The summed E-state index contributed by atoms with van der Waals surface area (Å²) in [7, 11) is -5.61.